The Kier molecular flexibility index (Phi) is 29.2. The highest BCUT2D eigenvalue weighted by molar-refractivity contribution is 5.97. The summed E-state index contributed by atoms with van der Waals surface area (Å²) in [4.78, 5) is 95.5. The average Bonchev–Trinajstić information content (AvgIpc) is 1.63. The third-order valence-corrected chi connectivity index (χ3v) is 22.8. The summed E-state index contributed by atoms with van der Waals surface area (Å²) in [6, 6.07) is 34.6. The maximum absolute atomic E-state index is 13.9. The van der Waals surface area contributed by atoms with Crippen LogP contribution in [0.2, 0.25) is 0 Å². The van der Waals surface area contributed by atoms with Crippen molar-refractivity contribution >= 4 is 66.5 Å². The summed E-state index contributed by atoms with van der Waals surface area (Å²) in [5, 5.41) is 16.5. The van der Waals surface area contributed by atoms with Gasteiger partial charge in [0.05, 0.1) is 27.8 Å². The number of piperidine rings is 5. The Morgan fingerprint density at radius 2 is 0.578 bits per heavy atom. The van der Waals surface area contributed by atoms with Crippen molar-refractivity contribution in [3.05, 3.63) is 178 Å². The standard InChI is InChI=1S/C20H27FN2O3.C19H25FN2O3.2C15H19FN2O.C14H17FN2O.2ClH/c1-20(2,3)26-19(25)23-13-9-10-14(23)12-15(11-13)22(4)18(24)16-7-5-6-8-17(16)21;1-19(2,3)25-18(24)22-13-8-9-14(22)11-12(10-13)21-17(23)15-6-4-5-7-16(15)20;2*1-18(12-8-10-6-7-11(9-12)17-10)15(19)13-4-2-3-5-14(13)16;15-13-4-2-1-3-12(13)14(18)17-11-7-9-5-6-10(8-11)16-9;;/h5-8,13-15H,9-12H2,1-4H3;4-7,12-14H,8-11H2,1-3H3,(H,21,23);2*2-5,10-12,17H,6-9H2,1H3;1-4,9-11,16H,5-8H2,(H,17,18);2*1H. The predicted molar refractivity (Wildman–Crippen MR) is 412 cm³/mol. The van der Waals surface area contributed by atoms with Gasteiger partial charge in [-0.2, -0.15) is 0 Å². The fraction of sp³-hybridized carbons (Fsp3) is 0.554. The summed E-state index contributed by atoms with van der Waals surface area (Å²) >= 11 is 0. The van der Waals surface area contributed by atoms with Crippen LogP contribution in [0, 0.1) is 29.1 Å². The smallest absolute Gasteiger partial charge is 0.410 e. The van der Waals surface area contributed by atoms with Crippen LogP contribution in [-0.4, -0.2) is 189 Å². The van der Waals surface area contributed by atoms with Crippen molar-refractivity contribution in [2.24, 2.45) is 0 Å². The Labute approximate surface area is 650 Å². The summed E-state index contributed by atoms with van der Waals surface area (Å²) in [5.74, 6) is -3.74. The number of halogens is 7. The van der Waals surface area contributed by atoms with Gasteiger partial charge in [0.15, 0.2) is 0 Å². The summed E-state index contributed by atoms with van der Waals surface area (Å²) in [5.41, 5.74) is -0.395. The highest BCUT2D eigenvalue weighted by Crippen LogP contribution is 2.41. The number of hydrogen-bond donors (Lipinski definition) is 5. The molecule has 0 radical (unpaired) electrons. The predicted octanol–water partition coefficient (Wildman–Crippen LogP) is 14.4. The molecule has 10 bridgehead atoms. The Bertz CT molecular complexity index is 3830. The van der Waals surface area contributed by atoms with Crippen LogP contribution in [0.25, 0.3) is 0 Å². The molecule has 0 saturated carbocycles. The Balaban J connectivity index is 0.000000157. The lowest BCUT2D eigenvalue weighted by Crippen LogP contribution is -2.53. The largest absolute Gasteiger partial charge is 0.444 e. The van der Waals surface area contributed by atoms with E-state index in [1.54, 1.807) is 109 Å². The van der Waals surface area contributed by atoms with E-state index in [1.807, 2.05) is 51.3 Å². The van der Waals surface area contributed by atoms with Gasteiger partial charge in [-0.1, -0.05) is 60.7 Å². The molecule has 10 fully saturated rings. The summed E-state index contributed by atoms with van der Waals surface area (Å²) in [7, 11) is 5.32. The number of benzene rings is 5. The molecule has 0 spiro atoms. The first-order valence-corrected chi connectivity index (χ1v) is 38.4. The van der Waals surface area contributed by atoms with Crippen LogP contribution in [0.1, 0.15) is 222 Å². The number of ether oxygens (including phenoxy) is 2. The first-order valence-electron chi connectivity index (χ1n) is 38.4. The molecule has 7 amide bonds. The molecule has 19 nitrogen and oxygen atoms in total. The molecular weight excluding hydrogens is 1450 g/mol. The van der Waals surface area contributed by atoms with E-state index >= 15 is 0 Å². The zero-order valence-corrected chi connectivity index (χ0v) is 65.6. The highest BCUT2D eigenvalue weighted by atomic mass is 35.5. The molecule has 26 heteroatoms. The summed E-state index contributed by atoms with van der Waals surface area (Å²) < 4.78 is 79.6. The van der Waals surface area contributed by atoms with Gasteiger partial charge >= 0.3 is 12.2 Å². The van der Waals surface area contributed by atoms with Gasteiger partial charge in [-0.3, -0.25) is 24.0 Å². The van der Waals surface area contributed by atoms with Crippen LogP contribution >= 0.6 is 24.8 Å². The van der Waals surface area contributed by atoms with E-state index in [4.69, 9.17) is 9.47 Å². The van der Waals surface area contributed by atoms with Gasteiger partial charge < -0.3 is 60.6 Å². The monoisotopic (exact) mass is 1550 g/mol. The van der Waals surface area contributed by atoms with Gasteiger partial charge in [0.1, 0.15) is 40.3 Å². The molecule has 5 N–H and O–H groups in total. The zero-order valence-electron chi connectivity index (χ0n) is 64.0. The van der Waals surface area contributed by atoms with Gasteiger partial charge in [-0.15, -0.1) is 24.8 Å². The third kappa shape index (κ3) is 21.8. The van der Waals surface area contributed by atoms with Crippen LogP contribution < -0.4 is 26.6 Å². The number of amides is 7. The third-order valence-electron chi connectivity index (χ3n) is 22.8. The number of hydrogen-bond acceptors (Lipinski definition) is 12. The van der Waals surface area contributed by atoms with Crippen molar-refractivity contribution in [1.82, 2.24) is 51.1 Å². The fourth-order valence-corrected chi connectivity index (χ4v) is 17.6. The lowest BCUT2D eigenvalue weighted by atomic mass is 9.96. The van der Waals surface area contributed by atoms with Crippen molar-refractivity contribution in [3.63, 3.8) is 0 Å². The van der Waals surface area contributed by atoms with Crippen molar-refractivity contribution in [2.45, 2.75) is 272 Å². The second-order valence-electron chi connectivity index (χ2n) is 32.8. The number of nitrogens with one attached hydrogen (secondary N) is 5. The van der Waals surface area contributed by atoms with E-state index in [0.29, 0.717) is 61.9 Å². The maximum Gasteiger partial charge on any atom is 0.410 e. The molecule has 15 rings (SSSR count). The molecule has 10 aliphatic rings. The van der Waals surface area contributed by atoms with Gasteiger partial charge in [-0.25, -0.2) is 31.5 Å². The fourth-order valence-electron chi connectivity index (χ4n) is 17.6. The molecule has 10 heterocycles. The Morgan fingerprint density at radius 1 is 0.349 bits per heavy atom. The molecule has 109 heavy (non-hydrogen) atoms. The first kappa shape index (κ1) is 85.1. The van der Waals surface area contributed by atoms with Crippen LogP contribution in [0.3, 0.4) is 0 Å². The molecular formula is C83H109Cl2F5N10O9. The van der Waals surface area contributed by atoms with E-state index in [0.717, 1.165) is 64.2 Å². The topological polar surface area (TPSA) is 214 Å². The SMILES string of the molecule is CC(C)(C)OC(=O)N1C2CCC1CC(NC(=O)c1ccccc1F)C2.CN(C(=O)c1ccccc1F)C1CC2CCC(C1)N2.CN(C(=O)c1ccccc1F)C1CC2CCC(C1)N2.CN(C(=O)c1ccccc1F)C1CC2CCC(C1)N2C(=O)OC(C)(C)C.Cl.Cl.O=C(NC1CC2CCC(C1)N2)c1ccccc1F. The van der Waals surface area contributed by atoms with Crippen molar-refractivity contribution in [3.8, 4) is 0 Å². The maximum atomic E-state index is 13.9. The number of fused-ring (bicyclic) bond motifs is 10. The minimum atomic E-state index is -0.523. The van der Waals surface area contributed by atoms with Crippen molar-refractivity contribution in [2.75, 3.05) is 21.1 Å². The quantitative estimate of drug-likeness (QED) is 0.0826. The average molecular weight is 1560 g/mol. The number of nitrogens with zero attached hydrogens (tertiary/aromatic N) is 5. The van der Waals surface area contributed by atoms with Gasteiger partial charge in [-0.05, 0) is 231 Å². The van der Waals surface area contributed by atoms with E-state index in [2.05, 4.69) is 26.6 Å². The first-order chi connectivity index (χ1) is 50.9. The molecule has 594 valence electrons. The zero-order chi connectivity index (χ0) is 76.6. The van der Waals surface area contributed by atoms with Gasteiger partial charge in [0.25, 0.3) is 29.5 Å². The van der Waals surface area contributed by atoms with E-state index in [-0.39, 0.29) is 143 Å². The highest BCUT2D eigenvalue weighted by Gasteiger charge is 2.48. The van der Waals surface area contributed by atoms with E-state index < -0.39 is 46.2 Å². The van der Waals surface area contributed by atoms with E-state index in [9.17, 15) is 55.5 Å². The summed E-state index contributed by atoms with van der Waals surface area (Å²) in [6.45, 7) is 11.2. The lowest BCUT2D eigenvalue weighted by molar-refractivity contribution is -0.00148. The van der Waals surface area contributed by atoms with Crippen LogP contribution in [0.5, 0.6) is 0 Å². The van der Waals surface area contributed by atoms with Crippen LogP contribution in [-0.2, 0) is 9.47 Å². The second-order valence-corrected chi connectivity index (χ2v) is 32.8. The number of carbonyl (C=O) groups is 7. The molecule has 5 aromatic carbocycles. The van der Waals surface area contributed by atoms with Gasteiger partial charge in [0.2, 0.25) is 0 Å². The van der Waals surface area contributed by atoms with Crippen molar-refractivity contribution < 1.29 is 65.0 Å². The molecule has 10 saturated heterocycles. The second kappa shape index (κ2) is 37.4. The Morgan fingerprint density at radius 3 is 0.844 bits per heavy atom. The van der Waals surface area contributed by atoms with Crippen molar-refractivity contribution in [1.29, 1.82) is 0 Å². The molecule has 5 aromatic rings. The molecule has 10 atom stereocenters. The lowest BCUT2D eigenvalue weighted by Gasteiger charge is -2.42. The van der Waals surface area contributed by atoms with E-state index in [1.165, 1.54) is 87.1 Å². The Hall–Kier alpha value is -7.90. The van der Waals surface area contributed by atoms with Crippen LogP contribution in [0.4, 0.5) is 31.5 Å². The number of carbonyl (C=O) groups excluding carboxylic acids is 7. The minimum Gasteiger partial charge on any atom is -0.444 e. The molecule has 0 aliphatic carbocycles. The van der Waals surface area contributed by atoms with Crippen LogP contribution in [0.15, 0.2) is 121 Å². The number of rotatable bonds is 10. The molecule has 10 unspecified atom stereocenters. The molecule has 10 aliphatic heterocycles. The minimum absolute atomic E-state index is 0. The normalized spacial score (nSPS) is 27.0. The van der Waals surface area contributed by atoms with Gasteiger partial charge in [0, 0.05) is 112 Å². The summed E-state index contributed by atoms with van der Waals surface area (Å²) in [6.07, 6.45) is 18.9. The molecule has 0 aromatic heterocycles.